The van der Waals surface area contributed by atoms with E-state index in [1.165, 1.54) is 13.2 Å². The largest absolute Gasteiger partial charge is 0.494 e. The summed E-state index contributed by atoms with van der Waals surface area (Å²) in [6.45, 7) is 0.542. The summed E-state index contributed by atoms with van der Waals surface area (Å²) >= 11 is 0. The Labute approximate surface area is 202 Å². The molecule has 0 radical (unpaired) electrons. The smallest absolute Gasteiger partial charge is 0.257 e. The molecule has 0 bridgehead atoms. The first-order valence-electron chi connectivity index (χ1n) is 11.5. The van der Waals surface area contributed by atoms with Crippen molar-refractivity contribution >= 4 is 5.91 Å². The number of carbonyl (C=O) groups is 1. The Morgan fingerprint density at radius 2 is 2.03 bits per heavy atom. The van der Waals surface area contributed by atoms with E-state index in [9.17, 15) is 9.18 Å². The number of halogens is 1. The van der Waals surface area contributed by atoms with Gasteiger partial charge in [-0.25, -0.2) is 19.0 Å². The van der Waals surface area contributed by atoms with Crippen molar-refractivity contribution in [1.29, 1.82) is 0 Å². The molecule has 9 heteroatoms. The number of pyridine rings is 1. The number of amides is 1. The third-order valence-electron chi connectivity index (χ3n) is 6.06. The van der Waals surface area contributed by atoms with Crippen LogP contribution in [-0.4, -0.2) is 56.2 Å². The highest BCUT2D eigenvalue weighted by Gasteiger charge is 2.34. The Bertz CT molecular complexity index is 1350. The van der Waals surface area contributed by atoms with Crippen LogP contribution >= 0.6 is 0 Å². The molecule has 0 spiro atoms. The normalized spacial score (nSPS) is 13.0. The highest BCUT2D eigenvalue weighted by molar-refractivity contribution is 5.95. The third kappa shape index (κ3) is 4.75. The molecule has 5 rings (SSSR count). The molecule has 1 amide bonds. The van der Waals surface area contributed by atoms with Gasteiger partial charge >= 0.3 is 0 Å². The number of benzene rings is 1. The van der Waals surface area contributed by atoms with Crippen molar-refractivity contribution in [2.24, 2.45) is 0 Å². The predicted octanol–water partition coefficient (Wildman–Crippen LogP) is 4.06. The van der Waals surface area contributed by atoms with E-state index in [1.807, 2.05) is 18.2 Å². The Hall–Kier alpha value is -4.14. The second kappa shape index (κ2) is 9.61. The van der Waals surface area contributed by atoms with Crippen LogP contribution in [0.4, 0.5) is 4.39 Å². The topological polar surface area (TPSA) is 86.0 Å². The lowest BCUT2D eigenvalue weighted by Gasteiger charge is -2.17. The monoisotopic (exact) mass is 472 g/mol. The number of aromatic nitrogens is 5. The standard InChI is InChI=1S/C26H25FN6O2/c1-32(14-11-19-5-3-4-12-28-19)25(34)20-16-30-33(24(20)17-6-7-17)26-29-13-10-22(31-26)18-8-9-23(35-2)21(27)15-18/h3-5,8-10,12-13,15-17H,6-7,11,14H2,1-2H3. The van der Waals surface area contributed by atoms with Crippen molar-refractivity contribution in [2.45, 2.75) is 25.2 Å². The van der Waals surface area contributed by atoms with Gasteiger partial charge in [-0.15, -0.1) is 0 Å². The molecule has 4 aromatic rings. The number of methoxy groups -OCH3 is 1. The first kappa shape index (κ1) is 22.6. The van der Waals surface area contributed by atoms with Crippen molar-refractivity contribution in [3.8, 4) is 23.0 Å². The van der Waals surface area contributed by atoms with E-state index in [1.54, 1.807) is 53.4 Å². The van der Waals surface area contributed by atoms with Gasteiger partial charge in [-0.3, -0.25) is 9.78 Å². The number of likely N-dealkylation sites (N-methyl/N-ethyl adjacent to an activating group) is 1. The van der Waals surface area contributed by atoms with Crippen molar-refractivity contribution in [3.63, 3.8) is 0 Å². The van der Waals surface area contributed by atoms with Gasteiger partial charge in [0.15, 0.2) is 11.6 Å². The summed E-state index contributed by atoms with van der Waals surface area (Å²) in [4.78, 5) is 28.3. The number of hydrogen-bond acceptors (Lipinski definition) is 6. The molecule has 1 saturated carbocycles. The van der Waals surface area contributed by atoms with Gasteiger partial charge in [-0.05, 0) is 49.2 Å². The predicted molar refractivity (Wildman–Crippen MR) is 128 cm³/mol. The van der Waals surface area contributed by atoms with Gasteiger partial charge in [-0.2, -0.15) is 5.10 Å². The molecule has 1 aromatic carbocycles. The van der Waals surface area contributed by atoms with E-state index < -0.39 is 5.82 Å². The third-order valence-corrected chi connectivity index (χ3v) is 6.06. The van der Waals surface area contributed by atoms with Crippen molar-refractivity contribution in [1.82, 2.24) is 29.6 Å². The van der Waals surface area contributed by atoms with Crippen LogP contribution in [0.1, 0.15) is 40.5 Å². The van der Waals surface area contributed by atoms with Gasteiger partial charge in [0.1, 0.15) is 0 Å². The van der Waals surface area contributed by atoms with Crippen LogP contribution < -0.4 is 4.74 Å². The SMILES string of the molecule is COc1ccc(-c2ccnc(-n3ncc(C(=O)N(C)CCc4ccccn4)c3C3CC3)n2)cc1F. The minimum atomic E-state index is -0.468. The maximum Gasteiger partial charge on any atom is 0.257 e. The molecule has 0 unspecified atom stereocenters. The molecule has 8 nitrogen and oxygen atoms in total. The van der Waals surface area contributed by atoms with E-state index in [0.717, 1.165) is 24.2 Å². The van der Waals surface area contributed by atoms with Gasteiger partial charge in [0.2, 0.25) is 0 Å². The van der Waals surface area contributed by atoms with Gasteiger partial charge in [0.25, 0.3) is 11.9 Å². The van der Waals surface area contributed by atoms with Crippen molar-refractivity contribution in [2.75, 3.05) is 20.7 Å². The van der Waals surface area contributed by atoms with E-state index in [0.29, 0.717) is 35.7 Å². The fourth-order valence-electron chi connectivity index (χ4n) is 4.00. The van der Waals surface area contributed by atoms with Crippen LogP contribution in [0.25, 0.3) is 17.2 Å². The summed E-state index contributed by atoms with van der Waals surface area (Å²) in [6.07, 6.45) is 7.58. The minimum absolute atomic E-state index is 0.0949. The average molecular weight is 473 g/mol. The fraction of sp³-hybridized carbons (Fsp3) is 0.269. The first-order chi connectivity index (χ1) is 17.0. The van der Waals surface area contributed by atoms with Crippen LogP contribution in [0.2, 0.25) is 0 Å². The molecule has 3 heterocycles. The van der Waals surface area contributed by atoms with Crippen LogP contribution in [-0.2, 0) is 6.42 Å². The fourth-order valence-corrected chi connectivity index (χ4v) is 4.00. The molecular weight excluding hydrogens is 447 g/mol. The van der Waals surface area contributed by atoms with Crippen molar-refractivity contribution in [3.05, 3.63) is 83.8 Å². The molecule has 0 N–H and O–H groups in total. The maximum atomic E-state index is 14.2. The van der Waals surface area contributed by atoms with Gasteiger partial charge in [0, 0.05) is 49.6 Å². The second-order valence-electron chi connectivity index (χ2n) is 8.52. The summed E-state index contributed by atoms with van der Waals surface area (Å²) in [5.74, 6) is 0.176. The molecule has 178 valence electrons. The van der Waals surface area contributed by atoms with Crippen LogP contribution in [0.3, 0.4) is 0 Å². The Kier molecular flexibility index (Phi) is 6.22. The Morgan fingerprint density at radius 1 is 1.17 bits per heavy atom. The molecule has 0 atom stereocenters. The zero-order valence-corrected chi connectivity index (χ0v) is 19.6. The minimum Gasteiger partial charge on any atom is -0.494 e. The summed E-state index contributed by atoms with van der Waals surface area (Å²) in [7, 11) is 3.21. The van der Waals surface area contributed by atoms with Gasteiger partial charge < -0.3 is 9.64 Å². The summed E-state index contributed by atoms with van der Waals surface area (Å²) in [5.41, 5.74) is 3.45. The van der Waals surface area contributed by atoms with Crippen LogP contribution in [0, 0.1) is 5.82 Å². The molecular formula is C26H25FN6O2. The van der Waals surface area contributed by atoms with E-state index in [-0.39, 0.29) is 17.6 Å². The van der Waals surface area contributed by atoms with Gasteiger partial charge in [0.05, 0.1) is 30.3 Å². The number of hydrogen-bond donors (Lipinski definition) is 0. The van der Waals surface area contributed by atoms with E-state index in [2.05, 4.69) is 20.1 Å². The molecule has 35 heavy (non-hydrogen) atoms. The zero-order valence-electron chi connectivity index (χ0n) is 19.6. The summed E-state index contributed by atoms with van der Waals surface area (Å²) < 4.78 is 20.9. The lowest BCUT2D eigenvalue weighted by atomic mass is 10.1. The highest BCUT2D eigenvalue weighted by Crippen LogP contribution is 2.42. The number of rotatable bonds is 8. The summed E-state index contributed by atoms with van der Waals surface area (Å²) in [5, 5.41) is 4.49. The highest BCUT2D eigenvalue weighted by atomic mass is 19.1. The number of nitrogens with zero attached hydrogens (tertiary/aromatic N) is 6. The van der Waals surface area contributed by atoms with E-state index in [4.69, 9.17) is 4.74 Å². The summed E-state index contributed by atoms with van der Waals surface area (Å²) in [6, 6.07) is 12.2. The first-order valence-corrected chi connectivity index (χ1v) is 11.5. The molecule has 0 saturated heterocycles. The lowest BCUT2D eigenvalue weighted by molar-refractivity contribution is 0.0795. The maximum absolute atomic E-state index is 14.2. The van der Waals surface area contributed by atoms with Crippen LogP contribution in [0.5, 0.6) is 5.75 Å². The molecule has 1 fully saturated rings. The quantitative estimate of drug-likeness (QED) is 0.384. The average Bonchev–Trinajstić information content (AvgIpc) is 3.64. The molecule has 3 aromatic heterocycles. The van der Waals surface area contributed by atoms with E-state index >= 15 is 0 Å². The van der Waals surface area contributed by atoms with Crippen molar-refractivity contribution < 1.29 is 13.9 Å². The molecule has 0 aliphatic heterocycles. The zero-order chi connectivity index (χ0) is 24.4. The molecule has 1 aliphatic carbocycles. The number of carbonyl (C=O) groups excluding carboxylic acids is 1. The second-order valence-corrected chi connectivity index (χ2v) is 8.52. The molecule has 1 aliphatic rings. The lowest BCUT2D eigenvalue weighted by Crippen LogP contribution is -2.29. The Morgan fingerprint density at radius 3 is 2.74 bits per heavy atom. The van der Waals surface area contributed by atoms with Gasteiger partial charge in [-0.1, -0.05) is 6.07 Å². The van der Waals surface area contributed by atoms with Crippen LogP contribution in [0.15, 0.2) is 61.1 Å². The number of ether oxygens (including phenoxy) is 1. The Balaban J connectivity index is 1.42.